The minimum absolute atomic E-state index is 0.199. The summed E-state index contributed by atoms with van der Waals surface area (Å²) in [6.07, 6.45) is -1.00. The van der Waals surface area contributed by atoms with Crippen LogP contribution in [0.3, 0.4) is 0 Å². The van der Waals surface area contributed by atoms with Gasteiger partial charge in [0.25, 0.3) is 11.8 Å². The quantitative estimate of drug-likeness (QED) is 0.638. The van der Waals surface area contributed by atoms with Crippen LogP contribution in [0.25, 0.3) is 0 Å². The monoisotopic (exact) mass is 422 g/mol. The molecule has 1 aromatic heterocycles. The van der Waals surface area contributed by atoms with Crippen LogP contribution in [0.4, 0.5) is 0 Å². The van der Waals surface area contributed by atoms with E-state index in [0.29, 0.717) is 9.90 Å². The highest BCUT2D eigenvalue weighted by Crippen LogP contribution is 2.15. The number of benzene rings is 1. The maximum absolute atomic E-state index is 12.5. The van der Waals surface area contributed by atoms with Crippen LogP contribution in [0.15, 0.2) is 41.8 Å². The van der Waals surface area contributed by atoms with Crippen molar-refractivity contribution in [1.82, 2.24) is 10.6 Å². The number of ether oxygens (including phenoxy) is 1. The van der Waals surface area contributed by atoms with Crippen molar-refractivity contribution in [2.24, 2.45) is 5.92 Å². The molecule has 8 heteroatoms. The zero-order chi connectivity index (χ0) is 20.7. The standard InChI is InChI=1S/C20H23ClN2O4S/c1-12(2)17(23-19(25)16-9-6-10-28-16)20(26)27-13(3)18(24)22-11-14-7-4-5-8-15(14)21/h4-10,12-13,17H,11H2,1-3H3,(H,22,24)(H,23,25)/t13-,17+/m0/s1. The van der Waals surface area contributed by atoms with Gasteiger partial charge in [0, 0.05) is 11.6 Å². The van der Waals surface area contributed by atoms with E-state index in [2.05, 4.69) is 10.6 Å². The maximum atomic E-state index is 12.5. The molecular weight excluding hydrogens is 400 g/mol. The van der Waals surface area contributed by atoms with Crippen molar-refractivity contribution >= 4 is 40.7 Å². The molecule has 150 valence electrons. The van der Waals surface area contributed by atoms with Crippen LogP contribution in [-0.4, -0.2) is 29.9 Å². The molecule has 0 unspecified atom stereocenters. The van der Waals surface area contributed by atoms with E-state index in [9.17, 15) is 14.4 Å². The third kappa shape index (κ3) is 6.07. The molecule has 2 N–H and O–H groups in total. The molecule has 0 saturated carbocycles. The fraction of sp³-hybridized carbons (Fsp3) is 0.350. The molecule has 0 bridgehead atoms. The third-order valence-electron chi connectivity index (χ3n) is 4.03. The fourth-order valence-electron chi connectivity index (χ4n) is 2.39. The molecule has 0 spiro atoms. The van der Waals surface area contributed by atoms with Crippen molar-refractivity contribution in [2.45, 2.75) is 39.5 Å². The molecule has 0 aliphatic rings. The maximum Gasteiger partial charge on any atom is 0.329 e. The van der Waals surface area contributed by atoms with E-state index in [1.165, 1.54) is 18.3 Å². The molecule has 2 amide bonds. The van der Waals surface area contributed by atoms with Gasteiger partial charge in [0.1, 0.15) is 6.04 Å². The Kier molecular flexibility index (Phi) is 8.02. The molecule has 0 fully saturated rings. The Morgan fingerprint density at radius 2 is 1.82 bits per heavy atom. The summed E-state index contributed by atoms with van der Waals surface area (Å²) in [6, 6.07) is 9.73. The molecule has 1 aromatic carbocycles. The Balaban J connectivity index is 1.91. The van der Waals surface area contributed by atoms with E-state index in [1.54, 1.807) is 49.6 Å². The predicted octanol–water partition coefficient (Wildman–Crippen LogP) is 3.40. The molecule has 2 aromatic rings. The van der Waals surface area contributed by atoms with Gasteiger partial charge >= 0.3 is 5.97 Å². The molecule has 0 aliphatic carbocycles. The summed E-state index contributed by atoms with van der Waals surface area (Å²) in [5.74, 6) is -1.64. The zero-order valence-electron chi connectivity index (χ0n) is 15.9. The van der Waals surface area contributed by atoms with E-state index in [1.807, 2.05) is 6.07 Å². The van der Waals surface area contributed by atoms with Gasteiger partial charge < -0.3 is 15.4 Å². The average molecular weight is 423 g/mol. The number of hydrogen-bond acceptors (Lipinski definition) is 5. The van der Waals surface area contributed by atoms with Gasteiger partial charge in [-0.1, -0.05) is 49.7 Å². The second-order valence-corrected chi connectivity index (χ2v) is 7.92. The van der Waals surface area contributed by atoms with Crippen molar-refractivity contribution < 1.29 is 19.1 Å². The van der Waals surface area contributed by atoms with Crippen LogP contribution in [0.5, 0.6) is 0 Å². The first-order chi connectivity index (χ1) is 13.3. The number of rotatable bonds is 8. The number of esters is 1. The van der Waals surface area contributed by atoms with Crippen LogP contribution < -0.4 is 10.6 Å². The highest BCUT2D eigenvalue weighted by atomic mass is 35.5. The SMILES string of the molecule is CC(C)[C@@H](NC(=O)c1cccs1)C(=O)O[C@@H](C)C(=O)NCc1ccccc1Cl. The topological polar surface area (TPSA) is 84.5 Å². The first-order valence-corrected chi connectivity index (χ1v) is 10.1. The van der Waals surface area contributed by atoms with Crippen LogP contribution in [-0.2, 0) is 20.9 Å². The fourth-order valence-corrected chi connectivity index (χ4v) is 3.22. The van der Waals surface area contributed by atoms with Crippen molar-refractivity contribution in [1.29, 1.82) is 0 Å². The lowest BCUT2D eigenvalue weighted by Gasteiger charge is -2.22. The highest BCUT2D eigenvalue weighted by Gasteiger charge is 2.29. The summed E-state index contributed by atoms with van der Waals surface area (Å²) in [7, 11) is 0. The summed E-state index contributed by atoms with van der Waals surface area (Å²) >= 11 is 7.34. The Labute approximate surface area is 173 Å². The van der Waals surface area contributed by atoms with Crippen molar-refractivity contribution in [3.8, 4) is 0 Å². The molecule has 2 atom stereocenters. The average Bonchev–Trinajstić information content (AvgIpc) is 3.19. The Morgan fingerprint density at radius 1 is 1.11 bits per heavy atom. The molecule has 0 aliphatic heterocycles. The Bertz CT molecular complexity index is 823. The van der Waals surface area contributed by atoms with Gasteiger partial charge in [0.15, 0.2) is 6.10 Å². The molecule has 6 nitrogen and oxygen atoms in total. The number of thiophene rings is 1. The van der Waals surface area contributed by atoms with Crippen molar-refractivity contribution in [2.75, 3.05) is 0 Å². The first-order valence-electron chi connectivity index (χ1n) is 8.85. The number of halogens is 1. The minimum atomic E-state index is -1.00. The molecular formula is C20H23ClN2O4S. The number of hydrogen-bond donors (Lipinski definition) is 2. The lowest BCUT2D eigenvalue weighted by atomic mass is 10.0. The molecule has 0 radical (unpaired) electrons. The van der Waals surface area contributed by atoms with Gasteiger partial charge in [0.05, 0.1) is 4.88 Å². The van der Waals surface area contributed by atoms with Gasteiger partial charge in [0.2, 0.25) is 0 Å². The van der Waals surface area contributed by atoms with E-state index >= 15 is 0 Å². The largest absolute Gasteiger partial charge is 0.451 e. The third-order valence-corrected chi connectivity index (χ3v) is 5.26. The molecule has 0 saturated heterocycles. The summed E-state index contributed by atoms with van der Waals surface area (Å²) in [6.45, 7) is 5.30. The summed E-state index contributed by atoms with van der Waals surface area (Å²) < 4.78 is 5.28. The highest BCUT2D eigenvalue weighted by molar-refractivity contribution is 7.12. The van der Waals surface area contributed by atoms with Crippen LogP contribution in [0, 0.1) is 5.92 Å². The molecule has 28 heavy (non-hydrogen) atoms. The van der Waals surface area contributed by atoms with E-state index in [4.69, 9.17) is 16.3 Å². The summed E-state index contributed by atoms with van der Waals surface area (Å²) in [5.41, 5.74) is 0.763. The van der Waals surface area contributed by atoms with Gasteiger partial charge in [-0.3, -0.25) is 9.59 Å². The van der Waals surface area contributed by atoms with E-state index in [0.717, 1.165) is 5.56 Å². The Morgan fingerprint density at radius 3 is 2.43 bits per heavy atom. The number of nitrogens with one attached hydrogen (secondary N) is 2. The lowest BCUT2D eigenvalue weighted by molar-refractivity contribution is -0.157. The van der Waals surface area contributed by atoms with Crippen LogP contribution in [0.2, 0.25) is 5.02 Å². The van der Waals surface area contributed by atoms with Gasteiger partial charge in [-0.2, -0.15) is 0 Å². The smallest absolute Gasteiger partial charge is 0.329 e. The zero-order valence-corrected chi connectivity index (χ0v) is 17.5. The second kappa shape index (κ2) is 10.2. The second-order valence-electron chi connectivity index (χ2n) is 6.56. The first kappa shape index (κ1) is 21.9. The Hall–Kier alpha value is -2.38. The lowest BCUT2D eigenvalue weighted by Crippen LogP contribution is -2.47. The van der Waals surface area contributed by atoms with Gasteiger partial charge in [-0.05, 0) is 35.9 Å². The van der Waals surface area contributed by atoms with Crippen molar-refractivity contribution in [3.05, 3.63) is 57.2 Å². The van der Waals surface area contributed by atoms with Crippen LogP contribution >= 0.6 is 22.9 Å². The summed E-state index contributed by atoms with van der Waals surface area (Å²) in [4.78, 5) is 37.5. The van der Waals surface area contributed by atoms with Crippen molar-refractivity contribution in [3.63, 3.8) is 0 Å². The normalized spacial score (nSPS) is 12.9. The number of carbonyl (C=O) groups is 3. The summed E-state index contributed by atoms with van der Waals surface area (Å²) in [5, 5.41) is 7.69. The number of carbonyl (C=O) groups excluding carboxylic acids is 3. The van der Waals surface area contributed by atoms with E-state index in [-0.39, 0.29) is 18.4 Å². The predicted molar refractivity (Wildman–Crippen MR) is 109 cm³/mol. The number of amides is 2. The molecule has 1 heterocycles. The van der Waals surface area contributed by atoms with E-state index < -0.39 is 24.0 Å². The molecule has 2 rings (SSSR count). The van der Waals surface area contributed by atoms with Gasteiger partial charge in [-0.15, -0.1) is 11.3 Å². The van der Waals surface area contributed by atoms with Crippen LogP contribution in [0.1, 0.15) is 36.0 Å². The van der Waals surface area contributed by atoms with Gasteiger partial charge in [-0.25, -0.2) is 4.79 Å². The minimum Gasteiger partial charge on any atom is -0.451 e.